The first-order valence-corrected chi connectivity index (χ1v) is 6.23. The number of hydrogen-bond acceptors (Lipinski definition) is 3. The molecule has 4 heteroatoms. The molecule has 0 spiro atoms. The van der Waals surface area contributed by atoms with Crippen molar-refractivity contribution in [2.24, 2.45) is 0 Å². The van der Waals surface area contributed by atoms with E-state index in [1.165, 1.54) is 0 Å². The lowest BCUT2D eigenvalue weighted by Crippen LogP contribution is -2.42. The molecule has 1 rings (SSSR count). The fourth-order valence-corrected chi connectivity index (χ4v) is 1.78. The lowest BCUT2D eigenvalue weighted by Gasteiger charge is -2.17. The highest BCUT2D eigenvalue weighted by molar-refractivity contribution is 5.74. The summed E-state index contributed by atoms with van der Waals surface area (Å²) < 4.78 is 5.40. The van der Waals surface area contributed by atoms with E-state index in [1.54, 1.807) is 0 Å². The zero-order valence-electron chi connectivity index (χ0n) is 11.1. The predicted octanol–water partition coefficient (Wildman–Crippen LogP) is 2.08. The van der Waals surface area contributed by atoms with Crippen LogP contribution in [0.5, 0.6) is 5.75 Å². The largest absolute Gasteiger partial charge is 0.494 e. The Morgan fingerprint density at radius 1 is 1.44 bits per heavy atom. The summed E-state index contributed by atoms with van der Waals surface area (Å²) >= 11 is 0. The summed E-state index contributed by atoms with van der Waals surface area (Å²) in [6, 6.07) is 7.14. The number of carbonyl (C=O) groups is 1. The monoisotopic (exact) mass is 251 g/mol. The standard InChI is InChI=1S/C14H21NO3/c1-4-18-12-7-5-6-11(8-12)9-13(14(16)17)15-10(2)3/h5-8,10,13,15H,4,9H2,1-3H3,(H,16,17). The summed E-state index contributed by atoms with van der Waals surface area (Å²) in [5.74, 6) is -0.0470. The summed E-state index contributed by atoms with van der Waals surface area (Å²) in [4.78, 5) is 11.2. The van der Waals surface area contributed by atoms with Gasteiger partial charge in [-0.15, -0.1) is 0 Å². The molecule has 0 aliphatic heterocycles. The van der Waals surface area contributed by atoms with E-state index >= 15 is 0 Å². The average Bonchev–Trinajstić information content (AvgIpc) is 2.28. The van der Waals surface area contributed by atoms with Crippen molar-refractivity contribution in [3.8, 4) is 5.75 Å². The number of nitrogens with one attached hydrogen (secondary N) is 1. The quantitative estimate of drug-likeness (QED) is 0.779. The van der Waals surface area contributed by atoms with Crippen molar-refractivity contribution in [3.63, 3.8) is 0 Å². The molecule has 0 radical (unpaired) electrons. The molecular weight excluding hydrogens is 230 g/mol. The van der Waals surface area contributed by atoms with Crippen molar-refractivity contribution in [3.05, 3.63) is 29.8 Å². The molecule has 2 N–H and O–H groups in total. The fraction of sp³-hybridized carbons (Fsp3) is 0.500. The molecule has 0 amide bonds. The number of aliphatic carboxylic acids is 1. The molecule has 0 aromatic heterocycles. The van der Waals surface area contributed by atoms with Crippen molar-refractivity contribution < 1.29 is 14.6 Å². The fourth-order valence-electron chi connectivity index (χ4n) is 1.78. The smallest absolute Gasteiger partial charge is 0.321 e. The summed E-state index contributed by atoms with van der Waals surface area (Å²) in [5.41, 5.74) is 0.960. The zero-order valence-corrected chi connectivity index (χ0v) is 11.1. The summed E-state index contributed by atoms with van der Waals surface area (Å²) in [5, 5.41) is 12.2. The second kappa shape index (κ2) is 7.01. The van der Waals surface area contributed by atoms with Gasteiger partial charge in [-0.1, -0.05) is 26.0 Å². The predicted molar refractivity (Wildman–Crippen MR) is 71.0 cm³/mol. The Balaban J connectivity index is 2.73. The van der Waals surface area contributed by atoms with Crippen LogP contribution in [0.15, 0.2) is 24.3 Å². The first-order chi connectivity index (χ1) is 8.52. The van der Waals surface area contributed by atoms with Gasteiger partial charge in [0.05, 0.1) is 6.61 Å². The molecule has 0 aliphatic rings. The highest BCUT2D eigenvalue weighted by Gasteiger charge is 2.18. The molecule has 1 aromatic rings. The van der Waals surface area contributed by atoms with Crippen molar-refractivity contribution >= 4 is 5.97 Å². The first-order valence-electron chi connectivity index (χ1n) is 6.23. The molecule has 1 atom stereocenters. The molecular formula is C14H21NO3. The summed E-state index contributed by atoms with van der Waals surface area (Å²) in [7, 11) is 0. The van der Waals surface area contributed by atoms with Gasteiger partial charge < -0.3 is 15.2 Å². The van der Waals surface area contributed by atoms with E-state index < -0.39 is 12.0 Å². The molecule has 1 unspecified atom stereocenters. The van der Waals surface area contributed by atoms with Gasteiger partial charge in [-0.05, 0) is 31.0 Å². The number of carboxylic acids is 1. The van der Waals surface area contributed by atoms with Gasteiger partial charge >= 0.3 is 5.97 Å². The first kappa shape index (κ1) is 14.5. The van der Waals surface area contributed by atoms with Gasteiger partial charge in [-0.3, -0.25) is 4.79 Å². The maximum atomic E-state index is 11.2. The van der Waals surface area contributed by atoms with Gasteiger partial charge in [0.1, 0.15) is 11.8 Å². The maximum Gasteiger partial charge on any atom is 0.321 e. The highest BCUT2D eigenvalue weighted by atomic mass is 16.5. The van der Waals surface area contributed by atoms with Crippen LogP contribution in [0.2, 0.25) is 0 Å². The highest BCUT2D eigenvalue weighted by Crippen LogP contribution is 2.15. The number of carboxylic acid groups (broad SMARTS) is 1. The second-order valence-electron chi connectivity index (χ2n) is 4.50. The molecule has 0 heterocycles. The molecule has 100 valence electrons. The molecule has 0 aliphatic carbocycles. The number of benzene rings is 1. The van der Waals surface area contributed by atoms with Crippen LogP contribution in [0, 0.1) is 0 Å². The van der Waals surface area contributed by atoms with Gasteiger partial charge in [-0.25, -0.2) is 0 Å². The second-order valence-corrected chi connectivity index (χ2v) is 4.50. The zero-order chi connectivity index (χ0) is 13.5. The van der Waals surface area contributed by atoms with Crippen molar-refractivity contribution in [1.29, 1.82) is 0 Å². The summed E-state index contributed by atoms with van der Waals surface area (Å²) in [6.07, 6.45) is 0.453. The third-order valence-corrected chi connectivity index (χ3v) is 2.48. The Morgan fingerprint density at radius 2 is 2.17 bits per heavy atom. The van der Waals surface area contributed by atoms with E-state index in [1.807, 2.05) is 45.0 Å². The van der Waals surface area contributed by atoms with E-state index in [0.717, 1.165) is 11.3 Å². The Kier molecular flexibility index (Phi) is 5.65. The third kappa shape index (κ3) is 4.75. The van der Waals surface area contributed by atoms with Crippen molar-refractivity contribution in [1.82, 2.24) is 5.32 Å². The normalized spacial score (nSPS) is 12.4. The van der Waals surface area contributed by atoms with Crippen molar-refractivity contribution in [2.75, 3.05) is 6.61 Å². The van der Waals surface area contributed by atoms with Crippen LogP contribution in [0.1, 0.15) is 26.3 Å². The third-order valence-electron chi connectivity index (χ3n) is 2.48. The average molecular weight is 251 g/mol. The van der Waals surface area contributed by atoms with Crippen LogP contribution in [0.4, 0.5) is 0 Å². The van der Waals surface area contributed by atoms with Gasteiger partial charge in [0.2, 0.25) is 0 Å². The maximum absolute atomic E-state index is 11.2. The SMILES string of the molecule is CCOc1cccc(CC(NC(C)C)C(=O)O)c1. The minimum Gasteiger partial charge on any atom is -0.494 e. The molecule has 0 bridgehead atoms. The van der Waals surface area contributed by atoms with E-state index in [4.69, 9.17) is 9.84 Å². The molecule has 0 saturated heterocycles. The summed E-state index contributed by atoms with van der Waals surface area (Å²) in [6.45, 7) is 6.40. The Bertz CT molecular complexity index is 390. The van der Waals surface area contributed by atoms with Gasteiger partial charge in [0.15, 0.2) is 0 Å². The molecule has 0 fully saturated rings. The number of ether oxygens (including phenoxy) is 1. The van der Waals surface area contributed by atoms with Gasteiger partial charge in [0.25, 0.3) is 0 Å². The number of hydrogen-bond donors (Lipinski definition) is 2. The Morgan fingerprint density at radius 3 is 2.72 bits per heavy atom. The van der Waals surface area contributed by atoms with E-state index in [2.05, 4.69) is 5.32 Å². The lowest BCUT2D eigenvalue weighted by molar-refractivity contribution is -0.139. The van der Waals surface area contributed by atoms with Gasteiger partial charge in [0, 0.05) is 6.04 Å². The topological polar surface area (TPSA) is 58.6 Å². The van der Waals surface area contributed by atoms with Crippen molar-refractivity contribution in [2.45, 2.75) is 39.3 Å². The Hall–Kier alpha value is -1.55. The van der Waals surface area contributed by atoms with E-state index in [0.29, 0.717) is 13.0 Å². The minimum absolute atomic E-state index is 0.140. The molecule has 1 aromatic carbocycles. The van der Waals surface area contributed by atoms with Crippen LogP contribution >= 0.6 is 0 Å². The molecule has 0 saturated carbocycles. The minimum atomic E-state index is -0.828. The molecule has 4 nitrogen and oxygen atoms in total. The Labute approximate surface area is 108 Å². The molecule has 18 heavy (non-hydrogen) atoms. The van der Waals surface area contributed by atoms with Crippen LogP contribution < -0.4 is 10.1 Å². The van der Waals surface area contributed by atoms with Crippen LogP contribution in [-0.4, -0.2) is 29.8 Å². The van der Waals surface area contributed by atoms with E-state index in [-0.39, 0.29) is 6.04 Å². The van der Waals surface area contributed by atoms with Gasteiger partial charge in [-0.2, -0.15) is 0 Å². The van der Waals surface area contributed by atoms with Crippen LogP contribution in [0.25, 0.3) is 0 Å². The van der Waals surface area contributed by atoms with Crippen LogP contribution in [0.3, 0.4) is 0 Å². The number of rotatable bonds is 7. The van der Waals surface area contributed by atoms with E-state index in [9.17, 15) is 4.79 Å². The lowest BCUT2D eigenvalue weighted by atomic mass is 10.1. The van der Waals surface area contributed by atoms with Crippen LogP contribution in [-0.2, 0) is 11.2 Å².